The van der Waals surface area contributed by atoms with Gasteiger partial charge in [-0.05, 0) is 38.8 Å². The van der Waals surface area contributed by atoms with Gasteiger partial charge in [0.25, 0.3) is 0 Å². The number of hydrogen-bond acceptors (Lipinski definition) is 5. The molecule has 2 heterocycles. The molecule has 194 valence electrons. The highest BCUT2D eigenvalue weighted by molar-refractivity contribution is 6.37. The van der Waals surface area contributed by atoms with Gasteiger partial charge in [0.2, 0.25) is 5.91 Å². The zero-order valence-electron chi connectivity index (χ0n) is 19.5. The quantitative estimate of drug-likeness (QED) is 0.489. The second-order valence-corrected chi connectivity index (χ2v) is 9.59. The second-order valence-electron chi connectivity index (χ2n) is 8.39. The summed E-state index contributed by atoms with van der Waals surface area (Å²) in [4.78, 5) is 14.5. The van der Waals surface area contributed by atoms with Crippen LogP contribution >= 0.6 is 34.8 Å². The minimum atomic E-state index is -4.66. The zero-order valence-corrected chi connectivity index (χ0v) is 21.7. The summed E-state index contributed by atoms with van der Waals surface area (Å²) in [6.45, 7) is 2.88. The minimum Gasteiger partial charge on any atom is -0.495 e. The van der Waals surface area contributed by atoms with Crippen molar-refractivity contribution in [2.24, 2.45) is 5.92 Å². The molecule has 1 fully saturated rings. The molecule has 0 bridgehead atoms. The van der Waals surface area contributed by atoms with E-state index >= 15 is 0 Å². The van der Waals surface area contributed by atoms with E-state index in [1.54, 1.807) is 19.2 Å². The number of anilines is 1. The highest BCUT2D eigenvalue weighted by atomic mass is 35.5. The first-order chi connectivity index (χ1) is 16.5. The van der Waals surface area contributed by atoms with Crippen LogP contribution in [-0.4, -0.2) is 55.5 Å². The maximum Gasteiger partial charge on any atom is 0.436 e. The minimum absolute atomic E-state index is 0.00302. The summed E-state index contributed by atoms with van der Waals surface area (Å²) >= 11 is 18.5. The van der Waals surface area contributed by atoms with E-state index in [0.717, 1.165) is 5.69 Å². The third kappa shape index (κ3) is 6.47. The molecular formula is C22H27Cl3F3N5O2. The molecule has 7 nitrogen and oxygen atoms in total. The van der Waals surface area contributed by atoms with Gasteiger partial charge in [-0.15, -0.1) is 0 Å². The highest BCUT2D eigenvalue weighted by Crippen LogP contribution is 2.39. The largest absolute Gasteiger partial charge is 0.495 e. The van der Waals surface area contributed by atoms with Crippen molar-refractivity contribution in [1.29, 1.82) is 0 Å². The first kappa shape index (κ1) is 27.7. The highest BCUT2D eigenvalue weighted by Gasteiger charge is 2.39. The molecule has 1 aromatic carbocycles. The Bertz CT molecular complexity index is 1060. The summed E-state index contributed by atoms with van der Waals surface area (Å²) in [5.74, 6) is 0.256. The predicted molar refractivity (Wildman–Crippen MR) is 131 cm³/mol. The maximum absolute atomic E-state index is 13.3. The monoisotopic (exact) mass is 555 g/mol. The molecule has 1 amide bonds. The van der Waals surface area contributed by atoms with Crippen LogP contribution in [0.4, 0.5) is 18.9 Å². The maximum atomic E-state index is 13.3. The van der Waals surface area contributed by atoms with Crippen molar-refractivity contribution in [2.75, 3.05) is 38.7 Å². The van der Waals surface area contributed by atoms with Crippen LogP contribution in [0.3, 0.4) is 0 Å². The van der Waals surface area contributed by atoms with Crippen LogP contribution in [0.15, 0.2) is 12.1 Å². The summed E-state index contributed by atoms with van der Waals surface area (Å²) in [6, 6.07) is 2.97. The van der Waals surface area contributed by atoms with E-state index in [0.29, 0.717) is 41.7 Å². The Kier molecular flexibility index (Phi) is 9.06. The normalized spacial score (nSPS) is 15.9. The third-order valence-corrected chi connectivity index (χ3v) is 7.18. The number of nitrogens with one attached hydrogen (secondary N) is 2. The summed E-state index contributed by atoms with van der Waals surface area (Å²) in [5.41, 5.74) is -0.144. The summed E-state index contributed by atoms with van der Waals surface area (Å²) < 4.78 is 46.4. The number of benzene rings is 1. The van der Waals surface area contributed by atoms with Crippen LogP contribution in [-0.2, 0) is 17.5 Å². The Morgan fingerprint density at radius 1 is 1.23 bits per heavy atom. The Morgan fingerprint density at radius 2 is 1.89 bits per heavy atom. The van der Waals surface area contributed by atoms with Gasteiger partial charge < -0.3 is 20.3 Å². The van der Waals surface area contributed by atoms with Crippen LogP contribution < -0.4 is 20.3 Å². The van der Waals surface area contributed by atoms with Gasteiger partial charge in [0.1, 0.15) is 5.75 Å². The van der Waals surface area contributed by atoms with Gasteiger partial charge >= 0.3 is 6.18 Å². The SMILES string of the molecule is CNCC(=O)NC(Cn1nc(C(F)(F)F)c(Cl)c1C)C1CCN(c2cc(OC)c(Cl)cc2Cl)CC1. The molecule has 1 saturated heterocycles. The molecule has 2 N–H and O–H groups in total. The number of alkyl halides is 3. The van der Waals surface area contributed by atoms with Crippen molar-refractivity contribution in [3.05, 3.63) is 38.6 Å². The van der Waals surface area contributed by atoms with Gasteiger partial charge in [0.15, 0.2) is 5.69 Å². The molecule has 1 atom stereocenters. The molecule has 2 aromatic rings. The molecule has 35 heavy (non-hydrogen) atoms. The molecule has 0 aliphatic carbocycles. The second kappa shape index (κ2) is 11.5. The number of piperidine rings is 1. The average Bonchev–Trinajstić information content (AvgIpc) is 3.08. The first-order valence-electron chi connectivity index (χ1n) is 11.0. The van der Waals surface area contributed by atoms with Crippen molar-refractivity contribution in [2.45, 2.75) is 38.5 Å². The first-order valence-corrected chi connectivity index (χ1v) is 12.1. The number of carbonyl (C=O) groups is 1. The molecule has 1 aliphatic heterocycles. The van der Waals surface area contributed by atoms with E-state index < -0.39 is 22.9 Å². The van der Waals surface area contributed by atoms with E-state index in [4.69, 9.17) is 39.5 Å². The third-order valence-electron chi connectivity index (χ3n) is 6.13. The lowest BCUT2D eigenvalue weighted by Crippen LogP contribution is -2.49. The van der Waals surface area contributed by atoms with E-state index in [2.05, 4.69) is 20.6 Å². The number of carbonyl (C=O) groups excluding carboxylic acids is 1. The van der Waals surface area contributed by atoms with E-state index in [9.17, 15) is 18.0 Å². The summed E-state index contributed by atoms with van der Waals surface area (Å²) in [5, 5.41) is 9.92. The number of hydrogen-bond donors (Lipinski definition) is 2. The zero-order chi connectivity index (χ0) is 25.9. The van der Waals surface area contributed by atoms with Gasteiger partial charge in [-0.3, -0.25) is 9.48 Å². The fraction of sp³-hybridized carbons (Fsp3) is 0.545. The summed E-state index contributed by atoms with van der Waals surface area (Å²) in [7, 11) is 3.17. The standard InChI is InChI=1S/C22H27Cl3F3N5O2/c1-12-20(25)21(22(26,27)28)31-33(12)11-16(30-19(34)10-29-2)13-4-6-32(7-5-13)17-9-18(35-3)15(24)8-14(17)23/h8-9,13,16,29H,4-7,10-11H2,1-3H3,(H,30,34). The lowest BCUT2D eigenvalue weighted by atomic mass is 9.88. The molecule has 0 spiro atoms. The number of amides is 1. The van der Waals surface area contributed by atoms with Gasteiger partial charge in [-0.25, -0.2) is 0 Å². The van der Waals surface area contributed by atoms with Crippen molar-refractivity contribution < 1.29 is 22.7 Å². The van der Waals surface area contributed by atoms with Crippen LogP contribution in [0.5, 0.6) is 5.75 Å². The van der Waals surface area contributed by atoms with Crippen LogP contribution in [0, 0.1) is 12.8 Å². The Labute approximate surface area is 216 Å². The van der Waals surface area contributed by atoms with E-state index in [1.807, 2.05) is 0 Å². The van der Waals surface area contributed by atoms with Gasteiger partial charge in [-0.1, -0.05) is 34.8 Å². The predicted octanol–water partition coefficient (Wildman–Crippen LogP) is 4.80. The van der Waals surface area contributed by atoms with Gasteiger partial charge in [0.05, 0.1) is 52.7 Å². The smallest absolute Gasteiger partial charge is 0.436 e. The molecular weight excluding hydrogens is 530 g/mol. The number of likely N-dealkylation sites (N-methyl/N-ethyl adjacent to an activating group) is 1. The molecule has 0 radical (unpaired) electrons. The summed E-state index contributed by atoms with van der Waals surface area (Å²) in [6.07, 6.45) is -3.32. The number of nitrogens with zero attached hydrogens (tertiary/aromatic N) is 3. The molecule has 3 rings (SSSR count). The average molecular weight is 557 g/mol. The molecule has 13 heteroatoms. The number of methoxy groups -OCH3 is 1. The van der Waals surface area contributed by atoms with Gasteiger partial charge in [-0.2, -0.15) is 18.3 Å². The number of halogens is 6. The fourth-order valence-corrected chi connectivity index (χ4v) is 5.08. The van der Waals surface area contributed by atoms with Crippen molar-refractivity contribution in [3.8, 4) is 5.75 Å². The van der Waals surface area contributed by atoms with E-state index in [-0.39, 0.29) is 30.6 Å². The van der Waals surface area contributed by atoms with Crippen molar-refractivity contribution >= 4 is 46.4 Å². The van der Waals surface area contributed by atoms with Crippen LogP contribution in [0.2, 0.25) is 15.1 Å². The Morgan fingerprint density at radius 3 is 2.43 bits per heavy atom. The van der Waals surface area contributed by atoms with Crippen molar-refractivity contribution in [3.63, 3.8) is 0 Å². The van der Waals surface area contributed by atoms with Crippen LogP contribution in [0.25, 0.3) is 0 Å². The number of aromatic nitrogens is 2. The topological polar surface area (TPSA) is 71.4 Å². The fourth-order valence-electron chi connectivity index (χ4n) is 4.26. The molecule has 1 unspecified atom stereocenters. The molecule has 0 saturated carbocycles. The number of ether oxygens (including phenoxy) is 1. The Balaban J connectivity index is 1.79. The van der Waals surface area contributed by atoms with Crippen LogP contribution in [0.1, 0.15) is 24.2 Å². The number of rotatable bonds is 8. The van der Waals surface area contributed by atoms with Crippen molar-refractivity contribution in [1.82, 2.24) is 20.4 Å². The van der Waals surface area contributed by atoms with Gasteiger partial charge in [0, 0.05) is 19.2 Å². The lowest BCUT2D eigenvalue weighted by Gasteiger charge is -2.38. The Hall–Kier alpha value is -1.88. The lowest BCUT2D eigenvalue weighted by molar-refractivity contribution is -0.141. The van der Waals surface area contributed by atoms with E-state index in [1.165, 1.54) is 18.7 Å². The molecule has 1 aromatic heterocycles. The molecule has 1 aliphatic rings.